The van der Waals surface area contributed by atoms with E-state index in [1.54, 1.807) is 12.1 Å². The van der Waals surface area contributed by atoms with Crippen LogP contribution in [-0.4, -0.2) is 23.7 Å². The van der Waals surface area contributed by atoms with Crippen molar-refractivity contribution < 1.29 is 14.3 Å². The largest absolute Gasteiger partial charge is 0.391 e. The molecule has 0 aliphatic heterocycles. The summed E-state index contributed by atoms with van der Waals surface area (Å²) in [6, 6.07) is 6.19. The summed E-state index contributed by atoms with van der Waals surface area (Å²) >= 11 is 1.25. The van der Waals surface area contributed by atoms with Crippen LogP contribution in [0.5, 0.6) is 0 Å². The first-order valence-electron chi connectivity index (χ1n) is 6.25. The van der Waals surface area contributed by atoms with Gasteiger partial charge in [-0.25, -0.2) is 4.39 Å². The molecular weight excluding hydrogens is 265 g/mol. The molecule has 2 N–H and O–H groups in total. The second-order valence-electron chi connectivity index (χ2n) is 4.45. The van der Waals surface area contributed by atoms with Gasteiger partial charge in [0.15, 0.2) is 0 Å². The Hall–Kier alpha value is -1.46. The molecule has 2 rings (SSSR count). The van der Waals surface area contributed by atoms with Gasteiger partial charge in [-0.1, -0.05) is 19.4 Å². The number of rotatable bonds is 5. The van der Waals surface area contributed by atoms with Crippen LogP contribution in [0.2, 0.25) is 0 Å². The van der Waals surface area contributed by atoms with E-state index in [1.165, 1.54) is 23.5 Å². The molecule has 0 fully saturated rings. The van der Waals surface area contributed by atoms with Crippen molar-refractivity contribution in [2.75, 3.05) is 6.54 Å². The topological polar surface area (TPSA) is 49.3 Å². The number of benzene rings is 1. The summed E-state index contributed by atoms with van der Waals surface area (Å²) in [6.07, 6.45) is 1.03. The van der Waals surface area contributed by atoms with E-state index in [0.717, 1.165) is 16.5 Å². The van der Waals surface area contributed by atoms with Crippen molar-refractivity contribution >= 4 is 27.3 Å². The number of aliphatic hydroxyl groups is 1. The number of nitrogens with one attached hydrogen (secondary N) is 1. The maximum absolute atomic E-state index is 13.1. The Kier molecular flexibility index (Phi) is 4.50. The number of hydrogen-bond donors (Lipinski definition) is 2. The van der Waals surface area contributed by atoms with Crippen LogP contribution in [0.1, 0.15) is 29.4 Å². The maximum Gasteiger partial charge on any atom is 0.261 e. The Labute approximate surface area is 115 Å². The zero-order valence-corrected chi connectivity index (χ0v) is 11.5. The van der Waals surface area contributed by atoms with Gasteiger partial charge in [0, 0.05) is 11.2 Å². The van der Waals surface area contributed by atoms with Gasteiger partial charge >= 0.3 is 0 Å². The number of halogens is 1. The van der Waals surface area contributed by atoms with Gasteiger partial charge in [-0.3, -0.25) is 4.79 Å². The van der Waals surface area contributed by atoms with E-state index in [9.17, 15) is 14.3 Å². The zero-order chi connectivity index (χ0) is 13.8. The van der Waals surface area contributed by atoms with Crippen molar-refractivity contribution in [3.05, 3.63) is 35.0 Å². The summed E-state index contributed by atoms with van der Waals surface area (Å²) in [4.78, 5) is 12.4. The summed E-state index contributed by atoms with van der Waals surface area (Å²) in [7, 11) is 0. The lowest BCUT2D eigenvalue weighted by Crippen LogP contribution is -2.31. The average Bonchev–Trinajstić information content (AvgIpc) is 2.79. The third-order valence-corrected chi connectivity index (χ3v) is 3.92. The minimum Gasteiger partial charge on any atom is -0.391 e. The van der Waals surface area contributed by atoms with Crippen LogP contribution in [0.15, 0.2) is 24.3 Å². The normalized spacial score (nSPS) is 12.6. The molecule has 0 saturated carbocycles. The second kappa shape index (κ2) is 6.12. The molecule has 1 amide bonds. The van der Waals surface area contributed by atoms with Crippen LogP contribution in [0.4, 0.5) is 4.39 Å². The molecule has 2 aromatic rings. The van der Waals surface area contributed by atoms with Gasteiger partial charge in [-0.2, -0.15) is 0 Å². The quantitative estimate of drug-likeness (QED) is 0.885. The van der Waals surface area contributed by atoms with Gasteiger partial charge in [-0.15, -0.1) is 11.3 Å². The van der Waals surface area contributed by atoms with Crippen LogP contribution in [0.25, 0.3) is 10.1 Å². The van der Waals surface area contributed by atoms with Gasteiger partial charge in [0.1, 0.15) is 5.82 Å². The van der Waals surface area contributed by atoms with E-state index in [2.05, 4.69) is 5.32 Å². The van der Waals surface area contributed by atoms with Crippen LogP contribution >= 0.6 is 11.3 Å². The Morgan fingerprint density at radius 3 is 3.00 bits per heavy atom. The highest BCUT2D eigenvalue weighted by atomic mass is 32.1. The van der Waals surface area contributed by atoms with E-state index < -0.39 is 6.10 Å². The molecule has 0 spiro atoms. The van der Waals surface area contributed by atoms with Crippen LogP contribution in [-0.2, 0) is 0 Å². The van der Waals surface area contributed by atoms with E-state index >= 15 is 0 Å². The number of aliphatic hydroxyl groups excluding tert-OH is 1. The van der Waals surface area contributed by atoms with E-state index in [0.29, 0.717) is 11.3 Å². The molecule has 0 bridgehead atoms. The third kappa shape index (κ3) is 3.52. The highest BCUT2D eigenvalue weighted by Crippen LogP contribution is 2.26. The molecule has 1 unspecified atom stereocenters. The summed E-state index contributed by atoms with van der Waals surface area (Å²) in [5.74, 6) is -0.531. The summed E-state index contributed by atoms with van der Waals surface area (Å²) in [6.45, 7) is 2.22. The fourth-order valence-electron chi connectivity index (χ4n) is 1.85. The molecule has 0 radical (unpaired) electrons. The van der Waals surface area contributed by atoms with E-state index in [-0.39, 0.29) is 18.3 Å². The first kappa shape index (κ1) is 14.0. The molecule has 102 valence electrons. The highest BCUT2D eigenvalue weighted by Gasteiger charge is 2.12. The molecule has 1 aromatic carbocycles. The summed E-state index contributed by atoms with van der Waals surface area (Å²) < 4.78 is 13.8. The lowest BCUT2D eigenvalue weighted by atomic mass is 10.2. The number of amides is 1. The Balaban J connectivity index is 2.05. The second-order valence-corrected chi connectivity index (χ2v) is 5.53. The van der Waals surface area contributed by atoms with Gasteiger partial charge in [0.25, 0.3) is 5.91 Å². The smallest absolute Gasteiger partial charge is 0.261 e. The van der Waals surface area contributed by atoms with Crippen LogP contribution in [0.3, 0.4) is 0 Å². The van der Waals surface area contributed by atoms with Crippen molar-refractivity contribution in [1.82, 2.24) is 5.32 Å². The Morgan fingerprint density at radius 1 is 1.47 bits per heavy atom. The molecular formula is C14H16FNO2S. The number of thiophene rings is 1. The molecule has 0 saturated heterocycles. The van der Waals surface area contributed by atoms with E-state index in [1.807, 2.05) is 6.92 Å². The average molecular weight is 281 g/mol. The van der Waals surface area contributed by atoms with Crippen molar-refractivity contribution in [2.24, 2.45) is 0 Å². The standard InChI is InChI=1S/C14H16FNO2S/c1-2-3-11(17)8-16-14(18)13-6-9-4-5-10(15)7-12(9)19-13/h4-7,11,17H,2-3,8H2,1H3,(H,16,18). The Bertz CT molecular complexity index is 582. The molecule has 5 heteroatoms. The number of fused-ring (bicyclic) bond motifs is 1. The zero-order valence-electron chi connectivity index (χ0n) is 10.6. The molecule has 0 aliphatic carbocycles. The van der Waals surface area contributed by atoms with Gasteiger partial charge in [0.05, 0.1) is 11.0 Å². The van der Waals surface area contributed by atoms with Crippen molar-refractivity contribution in [1.29, 1.82) is 0 Å². The van der Waals surface area contributed by atoms with Crippen molar-refractivity contribution in [3.63, 3.8) is 0 Å². The Morgan fingerprint density at radius 2 is 2.26 bits per heavy atom. The van der Waals surface area contributed by atoms with Crippen LogP contribution in [0, 0.1) is 5.82 Å². The van der Waals surface area contributed by atoms with Crippen LogP contribution < -0.4 is 5.32 Å². The van der Waals surface area contributed by atoms with Crippen molar-refractivity contribution in [3.8, 4) is 0 Å². The van der Waals surface area contributed by atoms with Gasteiger partial charge < -0.3 is 10.4 Å². The molecule has 0 aliphatic rings. The molecule has 3 nitrogen and oxygen atoms in total. The minimum absolute atomic E-state index is 0.225. The first-order chi connectivity index (χ1) is 9.10. The molecule has 19 heavy (non-hydrogen) atoms. The minimum atomic E-state index is -0.513. The fraction of sp³-hybridized carbons (Fsp3) is 0.357. The number of carbonyl (C=O) groups is 1. The fourth-order valence-corrected chi connectivity index (χ4v) is 2.85. The lowest BCUT2D eigenvalue weighted by Gasteiger charge is -2.09. The van der Waals surface area contributed by atoms with Crippen molar-refractivity contribution in [2.45, 2.75) is 25.9 Å². The summed E-state index contributed by atoms with van der Waals surface area (Å²) in [5, 5.41) is 13.1. The summed E-state index contributed by atoms with van der Waals surface area (Å²) in [5.41, 5.74) is 0. The molecule has 1 atom stereocenters. The predicted octanol–water partition coefficient (Wildman–Crippen LogP) is 2.93. The monoisotopic (exact) mass is 281 g/mol. The first-order valence-corrected chi connectivity index (χ1v) is 7.07. The highest BCUT2D eigenvalue weighted by molar-refractivity contribution is 7.20. The predicted molar refractivity (Wildman–Crippen MR) is 75.0 cm³/mol. The molecule has 1 aromatic heterocycles. The lowest BCUT2D eigenvalue weighted by molar-refractivity contribution is 0.0914. The maximum atomic E-state index is 13.1. The number of hydrogen-bond acceptors (Lipinski definition) is 3. The van der Waals surface area contributed by atoms with Gasteiger partial charge in [0.2, 0.25) is 0 Å². The van der Waals surface area contributed by atoms with Gasteiger partial charge in [-0.05, 0) is 30.0 Å². The van der Waals surface area contributed by atoms with E-state index in [4.69, 9.17) is 0 Å². The SMILES string of the molecule is CCCC(O)CNC(=O)c1cc2ccc(F)cc2s1. The number of carbonyl (C=O) groups excluding carboxylic acids is 1. The molecule has 1 heterocycles. The third-order valence-electron chi connectivity index (χ3n) is 2.83.